The number of amides is 1. The highest BCUT2D eigenvalue weighted by atomic mass is 16.5. The summed E-state index contributed by atoms with van der Waals surface area (Å²) in [4.78, 5) is 28.9. The van der Waals surface area contributed by atoms with Crippen LogP contribution in [0.15, 0.2) is 30.2 Å². The van der Waals surface area contributed by atoms with Gasteiger partial charge in [0, 0.05) is 31.2 Å². The Morgan fingerprint density at radius 3 is 2.64 bits per heavy atom. The Hall–Kier alpha value is -3.25. The molecule has 4 aliphatic heterocycles. The molecule has 0 aliphatic carbocycles. The molecule has 33 heavy (non-hydrogen) atoms. The van der Waals surface area contributed by atoms with Gasteiger partial charge in [-0.2, -0.15) is 9.78 Å². The van der Waals surface area contributed by atoms with Crippen molar-refractivity contribution in [2.75, 3.05) is 19.7 Å². The maximum atomic E-state index is 13.4. The molecular weight excluding hydrogens is 428 g/mol. The van der Waals surface area contributed by atoms with Gasteiger partial charge in [0.2, 0.25) is 5.91 Å². The molecule has 1 amide bonds. The number of fused-ring (bicyclic) bond motifs is 2. The topological polar surface area (TPSA) is 139 Å². The van der Waals surface area contributed by atoms with Crippen molar-refractivity contribution < 1.29 is 19.4 Å². The highest BCUT2D eigenvalue weighted by Crippen LogP contribution is 2.51. The van der Waals surface area contributed by atoms with Crippen LogP contribution in [0, 0.1) is 5.41 Å². The van der Waals surface area contributed by atoms with E-state index in [0.29, 0.717) is 30.3 Å². The number of carbonyl (C=O) groups excluding carboxylic acids is 2. The summed E-state index contributed by atoms with van der Waals surface area (Å²) in [5, 5.41) is 30.1. The maximum Gasteiger partial charge on any atom is 0.333 e. The summed E-state index contributed by atoms with van der Waals surface area (Å²) in [7, 11) is 0. The van der Waals surface area contributed by atoms with E-state index in [1.165, 1.54) is 17.1 Å². The normalized spacial score (nSPS) is 30.2. The molecule has 2 unspecified atom stereocenters. The van der Waals surface area contributed by atoms with Crippen molar-refractivity contribution in [1.82, 2.24) is 40.2 Å². The van der Waals surface area contributed by atoms with Crippen molar-refractivity contribution in [1.29, 1.82) is 0 Å². The van der Waals surface area contributed by atoms with Crippen LogP contribution >= 0.6 is 0 Å². The number of likely N-dealkylation sites (tertiary alicyclic amines) is 1. The number of aliphatic hydroxyl groups is 1. The molecule has 0 saturated carbocycles. The van der Waals surface area contributed by atoms with Gasteiger partial charge in [-0.15, -0.1) is 10.2 Å². The first kappa shape index (κ1) is 20.4. The van der Waals surface area contributed by atoms with Crippen LogP contribution in [-0.2, 0) is 14.3 Å². The van der Waals surface area contributed by atoms with Crippen molar-refractivity contribution in [3.63, 3.8) is 0 Å². The zero-order valence-electron chi connectivity index (χ0n) is 17.9. The van der Waals surface area contributed by atoms with Crippen molar-refractivity contribution in [2.24, 2.45) is 5.41 Å². The number of ether oxygens (including phenoxy) is 1. The van der Waals surface area contributed by atoms with Gasteiger partial charge in [-0.25, -0.2) is 4.79 Å². The Kier molecular flexibility index (Phi) is 4.73. The number of hydrogen-bond donors (Lipinski definition) is 1. The molecule has 3 saturated heterocycles. The monoisotopic (exact) mass is 452 g/mol. The fourth-order valence-corrected chi connectivity index (χ4v) is 5.93. The number of aliphatic hydroxyl groups excluding tert-OH is 1. The predicted octanol–water partition coefficient (Wildman–Crippen LogP) is -0.228. The molecule has 1 N–H and O–H groups in total. The van der Waals surface area contributed by atoms with Gasteiger partial charge in [0.05, 0.1) is 16.8 Å². The Morgan fingerprint density at radius 1 is 1.18 bits per heavy atom. The van der Waals surface area contributed by atoms with Crippen LogP contribution in [-0.4, -0.2) is 89.0 Å². The van der Waals surface area contributed by atoms with Crippen molar-refractivity contribution in [3.05, 3.63) is 35.9 Å². The molecule has 0 aromatic carbocycles. The number of esters is 1. The smallest absolute Gasteiger partial charge is 0.333 e. The van der Waals surface area contributed by atoms with Gasteiger partial charge in [0.15, 0.2) is 5.82 Å². The second-order valence-corrected chi connectivity index (χ2v) is 9.31. The summed E-state index contributed by atoms with van der Waals surface area (Å²) >= 11 is 0. The predicted molar refractivity (Wildman–Crippen MR) is 110 cm³/mol. The molecule has 2 bridgehead atoms. The number of hydrogen-bond acceptors (Lipinski definition) is 10. The van der Waals surface area contributed by atoms with Gasteiger partial charge in [0.1, 0.15) is 19.0 Å². The Morgan fingerprint density at radius 2 is 2.00 bits per heavy atom. The summed E-state index contributed by atoms with van der Waals surface area (Å²) in [5.74, 6) is 0.217. The molecule has 3 fully saturated rings. The van der Waals surface area contributed by atoms with E-state index < -0.39 is 6.10 Å². The van der Waals surface area contributed by atoms with E-state index in [1.54, 1.807) is 17.0 Å². The average Bonchev–Trinajstić information content (AvgIpc) is 3.59. The molecule has 172 valence electrons. The fraction of sp³-hybridized carbons (Fsp3) is 0.571. The standard InChI is InChI=1S/C21H24N8O4/c30-17(16-3-4-18(24-23-16)29-12-22-25-26-29)10-28-13-1-2-14(28)9-21(8-13)5-6-27(20(21)32)15-7-19(31)33-11-15/h3-4,7,12-14,17,30H,1-2,5-6,8-11H2/t13?,14?,17-,21?/m0/s1. The molecule has 4 aliphatic rings. The third-order valence-corrected chi connectivity index (χ3v) is 7.51. The summed E-state index contributed by atoms with van der Waals surface area (Å²) in [5.41, 5.74) is 0.788. The first-order chi connectivity index (χ1) is 16.0. The van der Waals surface area contributed by atoms with E-state index in [-0.39, 0.29) is 36.0 Å². The largest absolute Gasteiger partial charge is 0.456 e. The molecule has 2 aromatic heterocycles. The van der Waals surface area contributed by atoms with Gasteiger partial charge in [0.25, 0.3) is 0 Å². The molecule has 12 nitrogen and oxygen atoms in total. The van der Waals surface area contributed by atoms with Gasteiger partial charge >= 0.3 is 5.97 Å². The lowest BCUT2D eigenvalue weighted by Gasteiger charge is -2.44. The lowest BCUT2D eigenvalue weighted by atomic mass is 9.73. The quantitative estimate of drug-likeness (QED) is 0.605. The van der Waals surface area contributed by atoms with E-state index in [9.17, 15) is 14.7 Å². The van der Waals surface area contributed by atoms with E-state index in [2.05, 4.69) is 30.6 Å². The second-order valence-electron chi connectivity index (χ2n) is 9.31. The number of tetrazole rings is 1. The van der Waals surface area contributed by atoms with Crippen molar-refractivity contribution in [3.8, 4) is 5.82 Å². The number of cyclic esters (lactones) is 1. The summed E-state index contributed by atoms with van der Waals surface area (Å²) in [6.07, 6.45) is 6.46. The fourth-order valence-electron chi connectivity index (χ4n) is 5.93. The lowest BCUT2D eigenvalue weighted by molar-refractivity contribution is -0.140. The van der Waals surface area contributed by atoms with E-state index in [4.69, 9.17) is 4.74 Å². The number of piperidine rings is 1. The van der Waals surface area contributed by atoms with Crippen LogP contribution in [0.2, 0.25) is 0 Å². The van der Waals surface area contributed by atoms with Gasteiger partial charge < -0.3 is 14.7 Å². The van der Waals surface area contributed by atoms with Gasteiger partial charge in [-0.05, 0) is 54.7 Å². The van der Waals surface area contributed by atoms with E-state index in [1.807, 2.05) is 0 Å². The second kappa shape index (κ2) is 7.66. The SMILES string of the molecule is O=C1C=C(N2CCC3(CC4CCC(C3)N4C[C@H](O)c3ccc(-n4cnnn4)nn3)C2=O)CO1. The third kappa shape index (κ3) is 3.40. The highest BCUT2D eigenvalue weighted by Gasteiger charge is 2.56. The Labute approximate surface area is 189 Å². The number of nitrogens with zero attached hydrogens (tertiary/aromatic N) is 8. The van der Waals surface area contributed by atoms with Crippen molar-refractivity contribution >= 4 is 11.9 Å². The van der Waals surface area contributed by atoms with Crippen LogP contribution < -0.4 is 0 Å². The first-order valence-electron chi connectivity index (χ1n) is 11.2. The minimum atomic E-state index is -0.778. The Balaban J connectivity index is 1.13. The van der Waals surface area contributed by atoms with E-state index >= 15 is 0 Å². The average molecular weight is 452 g/mol. The molecule has 6 rings (SSSR count). The van der Waals surface area contributed by atoms with Gasteiger partial charge in [-0.3, -0.25) is 9.69 Å². The lowest BCUT2D eigenvalue weighted by Crippen LogP contribution is -2.51. The molecule has 2 aromatic rings. The minimum Gasteiger partial charge on any atom is -0.456 e. The van der Waals surface area contributed by atoms with Crippen LogP contribution in [0.25, 0.3) is 5.82 Å². The zero-order valence-corrected chi connectivity index (χ0v) is 17.9. The third-order valence-electron chi connectivity index (χ3n) is 7.51. The molecule has 12 heteroatoms. The summed E-state index contributed by atoms with van der Waals surface area (Å²) < 4.78 is 6.41. The zero-order chi connectivity index (χ0) is 22.6. The number of carbonyl (C=O) groups is 2. The van der Waals surface area contributed by atoms with Crippen LogP contribution in [0.4, 0.5) is 0 Å². The molecule has 0 radical (unpaired) electrons. The summed E-state index contributed by atoms with van der Waals surface area (Å²) in [6.45, 7) is 1.27. The molecule has 6 heterocycles. The molecule has 3 atom stereocenters. The maximum absolute atomic E-state index is 13.4. The van der Waals surface area contributed by atoms with Crippen LogP contribution in [0.1, 0.15) is 43.9 Å². The first-order valence-corrected chi connectivity index (χ1v) is 11.2. The van der Waals surface area contributed by atoms with E-state index in [0.717, 1.165) is 32.1 Å². The number of aromatic nitrogens is 6. The molecular formula is C21H24N8O4. The minimum absolute atomic E-state index is 0.119. The Bertz CT molecular complexity index is 1090. The summed E-state index contributed by atoms with van der Waals surface area (Å²) in [6, 6.07) is 3.94. The number of rotatable bonds is 5. The van der Waals surface area contributed by atoms with Crippen molar-refractivity contribution in [2.45, 2.75) is 50.3 Å². The highest BCUT2D eigenvalue weighted by molar-refractivity contribution is 5.90. The van der Waals surface area contributed by atoms with Crippen LogP contribution in [0.3, 0.4) is 0 Å². The van der Waals surface area contributed by atoms with Gasteiger partial charge in [-0.1, -0.05) is 0 Å². The van der Waals surface area contributed by atoms with Crippen LogP contribution in [0.5, 0.6) is 0 Å². The molecule has 1 spiro atoms.